The van der Waals surface area contributed by atoms with E-state index in [9.17, 15) is 8.42 Å². The number of nitrogens with one attached hydrogen (secondary N) is 1. The molecule has 11 nitrogen and oxygen atoms in total. The summed E-state index contributed by atoms with van der Waals surface area (Å²) in [6.45, 7) is 5.10. The highest BCUT2D eigenvalue weighted by molar-refractivity contribution is 7.93. The molecule has 4 heterocycles. The molecule has 0 spiro atoms. The molecule has 3 aliphatic rings. The Labute approximate surface area is 284 Å². The average molecular weight is 691 g/mol. The smallest absolute Gasteiger partial charge is 0.274 e. The maximum absolute atomic E-state index is 15.3. The zero-order chi connectivity index (χ0) is 33.6. The van der Waals surface area contributed by atoms with Crippen LogP contribution in [0.4, 0.5) is 5.69 Å². The van der Waals surface area contributed by atoms with E-state index in [1.807, 2.05) is 29.2 Å². The number of halogens is 1. The lowest BCUT2D eigenvalue weighted by Gasteiger charge is -2.40. The Kier molecular flexibility index (Phi) is 8.44. The average Bonchev–Trinajstić information content (AvgIpc) is 3.90. The molecule has 0 aliphatic carbocycles. The van der Waals surface area contributed by atoms with E-state index in [4.69, 9.17) is 30.2 Å². The number of nitrogens with zero attached hydrogens (tertiary/aromatic N) is 3. The number of hydrogen-bond donors (Lipinski definition) is 1. The Morgan fingerprint density at radius 1 is 1.12 bits per heavy atom. The maximum atomic E-state index is 15.3. The number of oxazole rings is 1. The van der Waals surface area contributed by atoms with Gasteiger partial charge in [-0.2, -0.15) is 0 Å². The molecule has 1 fully saturated rings. The molecule has 1 aromatic heterocycles. The topological polar surface area (TPSA) is 123 Å². The molecule has 3 aromatic carbocycles. The number of fused-ring (bicyclic) bond motifs is 1. The maximum Gasteiger partial charge on any atom is 0.274 e. The van der Waals surface area contributed by atoms with Crippen LogP contribution in [0.2, 0.25) is 5.02 Å². The predicted molar refractivity (Wildman–Crippen MR) is 177 cm³/mol. The number of amides is 1. The molecule has 3 atom stereocenters. The molecular weight excluding hydrogens is 656 g/mol. The second-order valence-electron chi connectivity index (χ2n) is 12.1. The zero-order valence-electron chi connectivity index (χ0n) is 26.6. The van der Waals surface area contributed by atoms with E-state index in [0.29, 0.717) is 48.2 Å². The van der Waals surface area contributed by atoms with Gasteiger partial charge < -0.3 is 23.9 Å². The molecule has 0 saturated carbocycles. The van der Waals surface area contributed by atoms with Gasteiger partial charge in [0.25, 0.3) is 22.2 Å². The first-order valence-corrected chi connectivity index (χ1v) is 17.5. The monoisotopic (exact) mass is 690 g/mol. The number of sulfonamides is 1. The summed E-state index contributed by atoms with van der Waals surface area (Å²) in [5.41, 5.74) is 0.448. The quantitative estimate of drug-likeness (QED) is 0.206. The SMILES string of the molecule is COc1ccc(S(=O)(=O)N2C(=O)C(C3=COC(c4ccccc4CNC(C)C)O3)(N3CCC[C@H]3c3ncco3)c3cc(Cl)ccc32)cc1. The third kappa shape index (κ3) is 5.23. The van der Waals surface area contributed by atoms with Crippen LogP contribution >= 0.6 is 11.6 Å². The highest BCUT2D eigenvalue weighted by atomic mass is 35.5. The molecule has 0 radical (unpaired) electrons. The summed E-state index contributed by atoms with van der Waals surface area (Å²) in [5.74, 6) is 0.268. The molecular formula is C35H35ClN4O7S. The van der Waals surface area contributed by atoms with Gasteiger partial charge in [-0.25, -0.2) is 17.7 Å². The highest BCUT2D eigenvalue weighted by Gasteiger charge is 2.65. The Bertz CT molecular complexity index is 1970. The van der Waals surface area contributed by atoms with Crippen LogP contribution in [0.25, 0.3) is 0 Å². The fourth-order valence-corrected chi connectivity index (χ4v) is 8.39. The summed E-state index contributed by atoms with van der Waals surface area (Å²) in [6.07, 6.45) is 4.85. The number of hydrogen-bond acceptors (Lipinski definition) is 10. The second-order valence-corrected chi connectivity index (χ2v) is 14.4. The molecule has 13 heteroatoms. The lowest BCUT2D eigenvalue weighted by atomic mass is 9.86. The van der Waals surface area contributed by atoms with Crippen molar-refractivity contribution in [1.82, 2.24) is 15.2 Å². The molecule has 3 aliphatic heterocycles. The summed E-state index contributed by atoms with van der Waals surface area (Å²) in [5, 5.41) is 3.76. The van der Waals surface area contributed by atoms with Crippen molar-refractivity contribution in [3.63, 3.8) is 0 Å². The number of ether oxygens (including phenoxy) is 3. The number of methoxy groups -OCH3 is 1. The molecule has 250 valence electrons. The fourth-order valence-electron chi connectivity index (χ4n) is 6.76. The minimum Gasteiger partial charge on any atom is -0.497 e. The number of aromatic nitrogens is 1. The largest absolute Gasteiger partial charge is 0.497 e. The van der Waals surface area contributed by atoms with Crippen LogP contribution in [-0.4, -0.2) is 43.9 Å². The van der Waals surface area contributed by atoms with Crippen molar-refractivity contribution in [2.24, 2.45) is 0 Å². The number of carbonyl (C=O) groups is 1. The lowest BCUT2D eigenvalue weighted by molar-refractivity contribution is -0.132. The van der Waals surface area contributed by atoms with Crippen LogP contribution in [0.15, 0.2) is 101 Å². The van der Waals surface area contributed by atoms with Gasteiger partial charge in [0.05, 0.1) is 29.9 Å². The van der Waals surface area contributed by atoms with E-state index in [1.54, 1.807) is 24.4 Å². The predicted octanol–water partition coefficient (Wildman–Crippen LogP) is 6.19. The molecule has 0 bridgehead atoms. The van der Waals surface area contributed by atoms with Gasteiger partial charge in [0.15, 0.2) is 11.3 Å². The molecule has 4 aromatic rings. The summed E-state index contributed by atoms with van der Waals surface area (Å²) >= 11 is 6.62. The fraction of sp³-hybridized carbons (Fsp3) is 0.314. The molecule has 1 N–H and O–H groups in total. The first-order chi connectivity index (χ1) is 23.2. The van der Waals surface area contributed by atoms with Gasteiger partial charge in [-0.15, -0.1) is 0 Å². The summed E-state index contributed by atoms with van der Waals surface area (Å²) < 4.78 is 53.6. The number of anilines is 1. The Morgan fingerprint density at radius 2 is 1.92 bits per heavy atom. The Balaban J connectivity index is 1.38. The second kappa shape index (κ2) is 12.6. The Hall–Kier alpha value is -4.36. The van der Waals surface area contributed by atoms with Gasteiger partial charge in [0.1, 0.15) is 18.3 Å². The van der Waals surface area contributed by atoms with Crippen molar-refractivity contribution in [2.45, 2.75) is 62.0 Å². The molecule has 48 heavy (non-hydrogen) atoms. The molecule has 2 unspecified atom stereocenters. The van der Waals surface area contributed by atoms with Crippen molar-refractivity contribution in [1.29, 1.82) is 0 Å². The van der Waals surface area contributed by atoms with Gasteiger partial charge in [0, 0.05) is 35.3 Å². The van der Waals surface area contributed by atoms with Crippen molar-refractivity contribution < 1.29 is 31.8 Å². The van der Waals surface area contributed by atoms with Gasteiger partial charge in [0.2, 0.25) is 5.89 Å². The van der Waals surface area contributed by atoms with Crippen LogP contribution in [-0.2, 0) is 36.4 Å². The van der Waals surface area contributed by atoms with Gasteiger partial charge in [-0.1, -0.05) is 49.7 Å². The first-order valence-electron chi connectivity index (χ1n) is 15.7. The third-order valence-corrected chi connectivity index (χ3v) is 10.9. The lowest BCUT2D eigenvalue weighted by Crippen LogP contribution is -2.55. The van der Waals surface area contributed by atoms with E-state index in [1.165, 1.54) is 43.9 Å². The van der Waals surface area contributed by atoms with Gasteiger partial charge in [-0.05, 0) is 60.9 Å². The minimum absolute atomic E-state index is 0.0824. The first kappa shape index (κ1) is 32.2. The van der Waals surface area contributed by atoms with Crippen molar-refractivity contribution in [3.8, 4) is 5.75 Å². The summed E-state index contributed by atoms with van der Waals surface area (Å²) in [7, 11) is -2.95. The Morgan fingerprint density at radius 3 is 2.65 bits per heavy atom. The number of likely N-dealkylation sites (tertiary alicyclic amines) is 1. The van der Waals surface area contributed by atoms with Gasteiger partial charge in [-0.3, -0.25) is 9.69 Å². The number of benzene rings is 3. The number of rotatable bonds is 10. The standard InChI is InChI=1S/C35H35ClN4O7S/c1-22(2)38-20-23-7-4-5-8-27(23)33-46-21-31(47-33)35(39-17-6-9-30(39)32-37-16-18-45-32)28-19-24(36)10-15-29(28)40(34(35)41)48(42,43)26-13-11-25(44-3)12-14-26/h4-5,7-8,10-16,18-19,21-22,30,33,38H,6,9,17,20H2,1-3H3/t30-,33?,35?/m0/s1. The van der Waals surface area contributed by atoms with E-state index < -0.39 is 33.8 Å². The van der Waals surface area contributed by atoms with Crippen molar-refractivity contribution >= 4 is 33.2 Å². The van der Waals surface area contributed by atoms with Crippen molar-refractivity contribution in [2.75, 3.05) is 18.0 Å². The van der Waals surface area contributed by atoms with Crippen LogP contribution in [0, 0.1) is 0 Å². The van der Waals surface area contributed by atoms with Gasteiger partial charge >= 0.3 is 0 Å². The third-order valence-electron chi connectivity index (χ3n) is 8.98. The molecule has 1 saturated heterocycles. The van der Waals surface area contributed by atoms with E-state index in [2.05, 4.69) is 24.1 Å². The number of carbonyl (C=O) groups excluding carboxylic acids is 1. The van der Waals surface area contributed by atoms with E-state index in [-0.39, 0.29) is 22.4 Å². The molecule has 7 rings (SSSR count). The van der Waals surface area contributed by atoms with Crippen LogP contribution in [0.5, 0.6) is 5.75 Å². The van der Waals surface area contributed by atoms with Crippen LogP contribution < -0.4 is 14.4 Å². The van der Waals surface area contributed by atoms with E-state index in [0.717, 1.165) is 15.4 Å². The van der Waals surface area contributed by atoms with Crippen LogP contribution in [0.3, 0.4) is 0 Å². The zero-order valence-corrected chi connectivity index (χ0v) is 28.2. The van der Waals surface area contributed by atoms with Crippen LogP contribution in [0.1, 0.15) is 61.6 Å². The molecule has 1 amide bonds. The summed E-state index contributed by atoms with van der Waals surface area (Å²) in [4.78, 5) is 21.6. The highest BCUT2D eigenvalue weighted by Crippen LogP contribution is 2.57. The summed E-state index contributed by atoms with van der Waals surface area (Å²) in [6, 6.07) is 18.2. The minimum atomic E-state index is -4.44. The normalized spacial score (nSPS) is 22.5. The van der Waals surface area contributed by atoms with E-state index >= 15 is 4.79 Å². The van der Waals surface area contributed by atoms with Crippen molar-refractivity contribution in [3.05, 3.63) is 119 Å².